The summed E-state index contributed by atoms with van der Waals surface area (Å²) in [6.45, 7) is 1.84. The largest absolute Gasteiger partial charge is 0.487 e. The summed E-state index contributed by atoms with van der Waals surface area (Å²) in [6.07, 6.45) is 0. The second-order valence-electron chi connectivity index (χ2n) is 2.10. The van der Waals surface area contributed by atoms with Crippen molar-refractivity contribution < 1.29 is 42.6 Å². The number of hydrogen-bond acceptors (Lipinski definition) is 1. The van der Waals surface area contributed by atoms with E-state index in [4.69, 9.17) is 5.11 Å². The van der Waals surface area contributed by atoms with E-state index in [-0.39, 0.29) is 32.7 Å². The molecule has 0 unspecified atom stereocenters. The molecule has 0 fully saturated rings. The number of carboxylic acids is 1. The summed E-state index contributed by atoms with van der Waals surface area (Å²) in [5.41, 5.74) is 1.21. The minimum atomic E-state index is -0.903. The standard InChI is InChI=1S/C8H7O2.Y/c1-6-3-2-4-7(5-6)8(9)10;/h3-5H,1H3,(H,9,10);/q-1;. The third-order valence-electron chi connectivity index (χ3n) is 1.18. The van der Waals surface area contributed by atoms with Crippen molar-refractivity contribution in [3.05, 3.63) is 35.4 Å². The molecule has 0 aliphatic carbocycles. The molecule has 1 radical (unpaired) electrons. The summed E-state index contributed by atoms with van der Waals surface area (Å²) in [4.78, 5) is 10.3. The van der Waals surface area contributed by atoms with E-state index in [1.54, 1.807) is 12.1 Å². The van der Waals surface area contributed by atoms with Gasteiger partial charge in [0.1, 0.15) is 0 Å². The molecule has 1 aromatic rings. The first kappa shape index (κ1) is 10.8. The van der Waals surface area contributed by atoms with Crippen LogP contribution in [-0.2, 0) is 32.7 Å². The van der Waals surface area contributed by atoms with E-state index in [1.807, 2.05) is 6.92 Å². The Morgan fingerprint density at radius 2 is 2.18 bits per heavy atom. The van der Waals surface area contributed by atoms with Crippen molar-refractivity contribution in [2.75, 3.05) is 0 Å². The number of carboxylic acid groups (broad SMARTS) is 1. The Morgan fingerprint density at radius 1 is 1.55 bits per heavy atom. The van der Waals surface area contributed by atoms with E-state index in [9.17, 15) is 4.79 Å². The van der Waals surface area contributed by atoms with Gasteiger partial charge in [-0.2, -0.15) is 29.8 Å². The van der Waals surface area contributed by atoms with Crippen molar-refractivity contribution in [2.45, 2.75) is 6.92 Å². The number of aromatic carboxylic acids is 1. The average Bonchev–Trinajstić information content (AvgIpc) is 1.88. The van der Waals surface area contributed by atoms with Crippen LogP contribution in [0.3, 0.4) is 0 Å². The van der Waals surface area contributed by atoms with Crippen LogP contribution in [0.5, 0.6) is 0 Å². The van der Waals surface area contributed by atoms with E-state index in [0.29, 0.717) is 5.56 Å². The number of aryl methyl sites for hydroxylation is 1. The Morgan fingerprint density at radius 3 is 2.55 bits per heavy atom. The zero-order valence-corrected chi connectivity index (χ0v) is 9.00. The van der Waals surface area contributed by atoms with E-state index >= 15 is 0 Å². The molecule has 0 saturated carbocycles. The summed E-state index contributed by atoms with van der Waals surface area (Å²) < 4.78 is 0. The molecule has 1 rings (SSSR count). The molecule has 0 atom stereocenters. The monoisotopic (exact) mass is 224 g/mol. The van der Waals surface area contributed by atoms with Crippen LogP contribution in [0.4, 0.5) is 0 Å². The molecule has 0 aliphatic heterocycles. The van der Waals surface area contributed by atoms with E-state index in [1.165, 1.54) is 6.07 Å². The fourth-order valence-electron chi connectivity index (χ4n) is 0.715. The van der Waals surface area contributed by atoms with Crippen molar-refractivity contribution in [3.8, 4) is 0 Å². The van der Waals surface area contributed by atoms with Crippen LogP contribution in [0.1, 0.15) is 15.9 Å². The van der Waals surface area contributed by atoms with Crippen LogP contribution >= 0.6 is 0 Å². The Balaban J connectivity index is 0.000001000. The number of hydrogen-bond donors (Lipinski definition) is 1. The molecule has 11 heavy (non-hydrogen) atoms. The van der Waals surface area contributed by atoms with Crippen LogP contribution in [0.15, 0.2) is 18.2 Å². The van der Waals surface area contributed by atoms with Gasteiger partial charge in [-0.05, 0) is 0 Å². The Hall–Kier alpha value is -0.206. The molecule has 0 aliphatic rings. The maximum absolute atomic E-state index is 10.3. The van der Waals surface area contributed by atoms with Gasteiger partial charge >= 0.3 is 0 Å². The zero-order chi connectivity index (χ0) is 7.56. The SMILES string of the molecule is Cc1c[c-]cc(C(=O)O)c1.[Y]. The van der Waals surface area contributed by atoms with Crippen molar-refractivity contribution in [3.63, 3.8) is 0 Å². The second-order valence-corrected chi connectivity index (χ2v) is 2.10. The van der Waals surface area contributed by atoms with Crippen LogP contribution in [0.25, 0.3) is 0 Å². The van der Waals surface area contributed by atoms with Gasteiger partial charge in [-0.3, -0.25) is 4.79 Å². The molecular weight excluding hydrogens is 217 g/mol. The molecule has 55 valence electrons. The van der Waals surface area contributed by atoms with E-state index in [2.05, 4.69) is 6.07 Å². The quantitative estimate of drug-likeness (QED) is 0.733. The summed E-state index contributed by atoms with van der Waals surface area (Å²) in [7, 11) is 0. The molecule has 3 heteroatoms. The number of carbonyl (C=O) groups is 1. The van der Waals surface area contributed by atoms with Gasteiger partial charge in [0.25, 0.3) is 5.97 Å². The van der Waals surface area contributed by atoms with Gasteiger partial charge in [-0.15, -0.1) is 0 Å². The number of benzene rings is 1. The van der Waals surface area contributed by atoms with Gasteiger partial charge in [-0.25, -0.2) is 0 Å². The van der Waals surface area contributed by atoms with Gasteiger partial charge in [0, 0.05) is 32.7 Å². The third-order valence-corrected chi connectivity index (χ3v) is 1.18. The van der Waals surface area contributed by atoms with Crippen molar-refractivity contribution in [1.82, 2.24) is 0 Å². The zero-order valence-electron chi connectivity index (χ0n) is 6.16. The molecule has 1 N–H and O–H groups in total. The Labute approximate surface area is 90.5 Å². The smallest absolute Gasteiger partial charge is 0.278 e. The average molecular weight is 224 g/mol. The normalized spacial score (nSPS) is 8.45. The third kappa shape index (κ3) is 3.13. The number of rotatable bonds is 1. The molecule has 2 nitrogen and oxygen atoms in total. The minimum Gasteiger partial charge on any atom is -0.487 e. The van der Waals surface area contributed by atoms with Crippen LogP contribution in [0, 0.1) is 13.0 Å². The molecule has 0 heterocycles. The topological polar surface area (TPSA) is 37.3 Å². The van der Waals surface area contributed by atoms with E-state index in [0.717, 1.165) is 5.56 Å². The van der Waals surface area contributed by atoms with Gasteiger partial charge in [0.05, 0.1) is 0 Å². The first-order valence-corrected chi connectivity index (χ1v) is 2.91. The van der Waals surface area contributed by atoms with Crippen molar-refractivity contribution in [1.29, 1.82) is 0 Å². The second kappa shape index (κ2) is 4.63. The Bertz CT molecular complexity index is 258. The maximum Gasteiger partial charge on any atom is 0.278 e. The van der Waals surface area contributed by atoms with Crippen LogP contribution < -0.4 is 0 Å². The van der Waals surface area contributed by atoms with Gasteiger partial charge in [-0.1, -0.05) is 12.5 Å². The predicted molar refractivity (Wildman–Crippen MR) is 37.0 cm³/mol. The fourth-order valence-corrected chi connectivity index (χ4v) is 0.715. The minimum absolute atomic E-state index is 0. The summed E-state index contributed by atoms with van der Waals surface area (Å²) in [6, 6.07) is 7.54. The first-order valence-electron chi connectivity index (χ1n) is 2.91. The van der Waals surface area contributed by atoms with E-state index < -0.39 is 5.97 Å². The van der Waals surface area contributed by atoms with Gasteiger partial charge in [0.2, 0.25) is 0 Å². The van der Waals surface area contributed by atoms with Crippen molar-refractivity contribution >= 4 is 5.97 Å². The van der Waals surface area contributed by atoms with Gasteiger partial charge < -0.3 is 5.11 Å². The molecule has 0 saturated heterocycles. The van der Waals surface area contributed by atoms with Crippen molar-refractivity contribution in [2.24, 2.45) is 0 Å². The summed E-state index contributed by atoms with van der Waals surface area (Å²) in [5.74, 6) is -0.903. The molecule has 0 aromatic heterocycles. The van der Waals surface area contributed by atoms with Crippen LogP contribution in [-0.4, -0.2) is 11.1 Å². The predicted octanol–water partition coefficient (Wildman–Crippen LogP) is 1.49. The fraction of sp³-hybridized carbons (Fsp3) is 0.125. The molecule has 0 amide bonds. The molecule has 1 aromatic carbocycles. The van der Waals surface area contributed by atoms with Crippen LogP contribution in [0.2, 0.25) is 0 Å². The first-order chi connectivity index (χ1) is 4.70. The molecule has 0 bridgehead atoms. The summed E-state index contributed by atoms with van der Waals surface area (Å²) >= 11 is 0. The summed E-state index contributed by atoms with van der Waals surface area (Å²) in [5, 5.41) is 8.49. The molecular formula is C8H7O2Y-. The molecule has 0 spiro atoms. The Kier molecular flexibility index (Phi) is 4.54. The van der Waals surface area contributed by atoms with Gasteiger partial charge in [0.15, 0.2) is 0 Å². The maximum atomic E-state index is 10.3.